The normalized spacial score (nSPS) is 11.5. The van der Waals surface area contributed by atoms with E-state index < -0.39 is 6.04 Å². The maximum atomic E-state index is 14.2. The fourth-order valence-electron chi connectivity index (χ4n) is 4.51. The molecule has 0 fully saturated rings. The van der Waals surface area contributed by atoms with Crippen LogP contribution in [0.5, 0.6) is 11.5 Å². The lowest BCUT2D eigenvalue weighted by molar-refractivity contribution is -0.137. The summed E-state index contributed by atoms with van der Waals surface area (Å²) in [5.41, 5.74) is 5.90. The van der Waals surface area contributed by atoms with Crippen LogP contribution in [0.15, 0.2) is 78.0 Å². The van der Waals surface area contributed by atoms with Gasteiger partial charge in [0.25, 0.3) is 5.91 Å². The van der Waals surface area contributed by atoms with E-state index >= 15 is 0 Å². The summed E-state index contributed by atoms with van der Waals surface area (Å²) in [4.78, 5) is 38.8. The summed E-state index contributed by atoms with van der Waals surface area (Å²) in [6.45, 7) is 8.03. The van der Waals surface area contributed by atoms with Gasteiger partial charge < -0.3 is 19.7 Å². The maximum absolute atomic E-state index is 14.2. The highest BCUT2D eigenvalue weighted by Gasteiger charge is 2.32. The topological polar surface area (TPSA) is 93.7 Å². The van der Waals surface area contributed by atoms with E-state index in [0.717, 1.165) is 28.1 Å². The van der Waals surface area contributed by atoms with Crippen molar-refractivity contribution >= 4 is 29.3 Å². The molecule has 8 nitrogen and oxygen atoms in total. The molecule has 0 radical (unpaired) electrons. The van der Waals surface area contributed by atoms with Gasteiger partial charge in [-0.15, -0.1) is 0 Å². The van der Waals surface area contributed by atoms with Gasteiger partial charge in [0, 0.05) is 24.0 Å². The summed E-state index contributed by atoms with van der Waals surface area (Å²) >= 11 is 1.26. The van der Waals surface area contributed by atoms with Crippen LogP contribution in [0.1, 0.15) is 39.7 Å². The third-order valence-corrected chi connectivity index (χ3v) is 7.53. The number of nitrogens with one attached hydrogen (secondary N) is 1. The number of benzene rings is 3. The largest absolute Gasteiger partial charge is 0.497 e. The minimum atomic E-state index is -0.924. The van der Waals surface area contributed by atoms with E-state index in [1.807, 2.05) is 82.3 Å². The Morgan fingerprint density at radius 2 is 1.45 bits per heavy atom. The van der Waals surface area contributed by atoms with Crippen molar-refractivity contribution in [3.05, 3.63) is 106 Å². The first-order valence-corrected chi connectivity index (χ1v) is 14.5. The van der Waals surface area contributed by atoms with Gasteiger partial charge in [-0.1, -0.05) is 71.4 Å². The highest BCUT2D eigenvalue weighted by molar-refractivity contribution is 7.99. The van der Waals surface area contributed by atoms with E-state index in [0.29, 0.717) is 27.9 Å². The first-order valence-electron chi connectivity index (χ1n) is 13.6. The number of aryl methyl sites for hydroxylation is 4. The predicted molar refractivity (Wildman–Crippen MR) is 166 cm³/mol. The number of hydrogen-bond donors (Lipinski definition) is 1. The zero-order chi connectivity index (χ0) is 30.2. The second-order valence-electron chi connectivity index (χ2n) is 10.1. The Kier molecular flexibility index (Phi) is 10.2. The number of carbonyl (C=O) groups is 2. The van der Waals surface area contributed by atoms with Crippen LogP contribution in [0.3, 0.4) is 0 Å². The van der Waals surface area contributed by atoms with E-state index in [9.17, 15) is 9.59 Å². The fraction of sp³-hybridized carbons (Fsp3) is 0.273. The molecular weight excluding hydrogens is 548 g/mol. The third-order valence-electron chi connectivity index (χ3n) is 6.70. The van der Waals surface area contributed by atoms with E-state index in [4.69, 9.17) is 9.47 Å². The van der Waals surface area contributed by atoms with Crippen molar-refractivity contribution in [2.24, 2.45) is 0 Å². The molecular formula is C33H36N4O4S. The van der Waals surface area contributed by atoms with Gasteiger partial charge in [-0.2, -0.15) is 0 Å². The molecule has 0 bridgehead atoms. The Hall–Kier alpha value is -4.37. The second-order valence-corrected chi connectivity index (χ2v) is 11.0. The Bertz CT molecular complexity index is 1520. The van der Waals surface area contributed by atoms with Crippen molar-refractivity contribution in [3.8, 4) is 11.5 Å². The molecule has 0 saturated heterocycles. The van der Waals surface area contributed by atoms with E-state index in [1.165, 1.54) is 18.9 Å². The molecule has 42 heavy (non-hydrogen) atoms. The number of hydrogen-bond acceptors (Lipinski definition) is 7. The summed E-state index contributed by atoms with van der Waals surface area (Å²) in [6.07, 6.45) is 0. The van der Waals surface area contributed by atoms with Gasteiger partial charge in [0.05, 0.1) is 25.7 Å². The van der Waals surface area contributed by atoms with Crippen molar-refractivity contribution in [1.82, 2.24) is 14.9 Å². The number of amides is 2. The number of nitrogens with zero attached hydrogens (tertiary/aromatic N) is 3. The molecule has 1 N–H and O–H groups in total. The summed E-state index contributed by atoms with van der Waals surface area (Å²) in [6, 6.07) is 21.7. The van der Waals surface area contributed by atoms with Gasteiger partial charge in [-0.3, -0.25) is 9.59 Å². The molecule has 0 aliphatic heterocycles. The Labute approximate surface area is 251 Å². The van der Waals surface area contributed by atoms with Crippen LogP contribution < -0.4 is 14.8 Å². The van der Waals surface area contributed by atoms with Gasteiger partial charge in [0.1, 0.15) is 17.5 Å². The van der Waals surface area contributed by atoms with Crippen LogP contribution in [0.2, 0.25) is 0 Å². The molecule has 9 heteroatoms. The zero-order valence-corrected chi connectivity index (χ0v) is 25.6. The molecule has 1 atom stereocenters. The first-order chi connectivity index (χ1) is 20.2. The van der Waals surface area contributed by atoms with Gasteiger partial charge >= 0.3 is 0 Å². The molecule has 0 aliphatic carbocycles. The number of methoxy groups -OCH3 is 2. The maximum Gasteiger partial charge on any atom is 0.251 e. The van der Waals surface area contributed by atoms with Crippen LogP contribution in [0, 0.1) is 27.7 Å². The molecule has 0 spiro atoms. The molecule has 2 amide bonds. The Balaban J connectivity index is 1.72. The number of carbonyl (C=O) groups excluding carboxylic acids is 2. The van der Waals surface area contributed by atoms with Crippen LogP contribution >= 0.6 is 11.8 Å². The van der Waals surface area contributed by atoms with Crippen molar-refractivity contribution < 1.29 is 19.1 Å². The second kappa shape index (κ2) is 14.0. The van der Waals surface area contributed by atoms with Crippen LogP contribution in [-0.4, -0.2) is 46.7 Å². The standard InChI is InChI=1S/C33H36N4O4S/c1-21-7-11-25(12-8-21)19-37(30(38)20-42-33-34-23(3)17-24(4)35-33)31(26-13-9-22(2)10-14-26)32(39)36-28-16-15-27(40-5)18-29(28)41-6/h7-18,31H,19-20H2,1-6H3,(H,36,39). The SMILES string of the molecule is COc1ccc(NC(=O)C(c2ccc(C)cc2)N(Cc2ccc(C)cc2)C(=O)CSc2nc(C)cc(C)n2)c(OC)c1. The monoisotopic (exact) mass is 584 g/mol. The summed E-state index contributed by atoms with van der Waals surface area (Å²) < 4.78 is 10.8. The highest BCUT2D eigenvalue weighted by atomic mass is 32.2. The molecule has 218 valence electrons. The molecule has 1 unspecified atom stereocenters. The third kappa shape index (κ3) is 7.88. The predicted octanol–water partition coefficient (Wildman–Crippen LogP) is 6.23. The molecule has 0 saturated carbocycles. The van der Waals surface area contributed by atoms with Gasteiger partial charge in [0.15, 0.2) is 5.16 Å². The molecule has 4 rings (SSSR count). The fourth-order valence-corrected chi connectivity index (χ4v) is 5.34. The van der Waals surface area contributed by atoms with E-state index in [2.05, 4.69) is 15.3 Å². The molecule has 0 aliphatic rings. The first kappa shape index (κ1) is 30.6. The Morgan fingerprint density at radius 1 is 0.833 bits per heavy atom. The van der Waals surface area contributed by atoms with Crippen molar-refractivity contribution in [1.29, 1.82) is 0 Å². The lowest BCUT2D eigenvalue weighted by atomic mass is 10.0. The molecule has 1 heterocycles. The lowest BCUT2D eigenvalue weighted by Crippen LogP contribution is -2.42. The summed E-state index contributed by atoms with van der Waals surface area (Å²) in [7, 11) is 3.09. The van der Waals surface area contributed by atoms with E-state index in [1.54, 1.807) is 30.2 Å². The summed E-state index contributed by atoms with van der Waals surface area (Å²) in [5.74, 6) is 0.531. The quantitative estimate of drug-likeness (QED) is 0.165. The summed E-state index contributed by atoms with van der Waals surface area (Å²) in [5, 5.41) is 3.52. The van der Waals surface area contributed by atoms with Crippen LogP contribution in [-0.2, 0) is 16.1 Å². The minimum Gasteiger partial charge on any atom is -0.497 e. The minimum absolute atomic E-state index is 0.0657. The number of rotatable bonds is 11. The van der Waals surface area contributed by atoms with Crippen LogP contribution in [0.4, 0.5) is 5.69 Å². The average molecular weight is 585 g/mol. The van der Waals surface area contributed by atoms with Gasteiger partial charge in [0.2, 0.25) is 5.91 Å². The average Bonchev–Trinajstić information content (AvgIpc) is 2.97. The molecule has 1 aromatic heterocycles. The lowest BCUT2D eigenvalue weighted by Gasteiger charge is -2.32. The van der Waals surface area contributed by atoms with Crippen LogP contribution in [0.25, 0.3) is 0 Å². The van der Waals surface area contributed by atoms with Crippen molar-refractivity contribution in [3.63, 3.8) is 0 Å². The van der Waals surface area contributed by atoms with Gasteiger partial charge in [-0.25, -0.2) is 9.97 Å². The number of ether oxygens (including phenoxy) is 2. The Morgan fingerprint density at radius 3 is 2.05 bits per heavy atom. The number of aromatic nitrogens is 2. The highest BCUT2D eigenvalue weighted by Crippen LogP contribution is 2.32. The van der Waals surface area contributed by atoms with E-state index in [-0.39, 0.29) is 24.1 Å². The molecule has 3 aromatic carbocycles. The van der Waals surface area contributed by atoms with Crippen molar-refractivity contribution in [2.45, 2.75) is 45.4 Å². The number of anilines is 1. The molecule has 4 aromatic rings. The van der Waals surface area contributed by atoms with Crippen molar-refractivity contribution in [2.75, 3.05) is 25.3 Å². The number of thioether (sulfide) groups is 1. The van der Waals surface area contributed by atoms with Gasteiger partial charge in [-0.05, 0) is 57.0 Å². The smallest absolute Gasteiger partial charge is 0.251 e. The zero-order valence-electron chi connectivity index (χ0n) is 24.8.